The van der Waals surface area contributed by atoms with Crippen LogP contribution >= 0.6 is 11.8 Å². The van der Waals surface area contributed by atoms with Crippen molar-refractivity contribution in [2.45, 2.75) is 5.37 Å². The van der Waals surface area contributed by atoms with Crippen molar-refractivity contribution in [1.29, 1.82) is 0 Å². The predicted octanol–water partition coefficient (Wildman–Crippen LogP) is 2.99. The van der Waals surface area contributed by atoms with E-state index in [2.05, 4.69) is 4.98 Å². The molecule has 0 spiro atoms. The second kappa shape index (κ2) is 6.91. The Hall–Kier alpha value is -2.21. The number of pyridine rings is 1. The second-order valence-electron chi connectivity index (χ2n) is 5.11. The van der Waals surface area contributed by atoms with Crippen molar-refractivity contribution in [3.05, 3.63) is 53.9 Å². The molecular weight excluding hydrogens is 312 g/mol. The first-order valence-corrected chi connectivity index (χ1v) is 8.33. The molecule has 5 nitrogen and oxygen atoms in total. The maximum absolute atomic E-state index is 12.9. The molecule has 0 saturated carbocycles. The van der Waals surface area contributed by atoms with Gasteiger partial charge in [0.2, 0.25) is 0 Å². The molecule has 1 fully saturated rings. The highest BCUT2D eigenvalue weighted by molar-refractivity contribution is 7.99. The molecule has 0 N–H and O–H groups in total. The molecule has 1 aliphatic heterocycles. The summed E-state index contributed by atoms with van der Waals surface area (Å²) >= 11 is 1.75. The highest BCUT2D eigenvalue weighted by Crippen LogP contribution is 2.38. The largest absolute Gasteiger partial charge is 0.497 e. The van der Waals surface area contributed by atoms with E-state index in [1.54, 1.807) is 50.4 Å². The number of thioether (sulfide) groups is 1. The second-order valence-corrected chi connectivity index (χ2v) is 6.30. The van der Waals surface area contributed by atoms with Crippen molar-refractivity contribution in [2.75, 3.05) is 26.5 Å². The van der Waals surface area contributed by atoms with Gasteiger partial charge in [0, 0.05) is 41.9 Å². The highest BCUT2D eigenvalue weighted by atomic mass is 32.2. The summed E-state index contributed by atoms with van der Waals surface area (Å²) in [6.45, 7) is 0.711. The summed E-state index contributed by atoms with van der Waals surface area (Å²) in [5.41, 5.74) is 1.61. The Balaban J connectivity index is 1.90. The van der Waals surface area contributed by atoms with Crippen LogP contribution < -0.4 is 9.47 Å². The summed E-state index contributed by atoms with van der Waals surface area (Å²) in [4.78, 5) is 19.0. The smallest absolute Gasteiger partial charge is 0.255 e. The number of aromatic nitrogens is 1. The van der Waals surface area contributed by atoms with E-state index in [1.807, 2.05) is 23.2 Å². The van der Waals surface area contributed by atoms with Gasteiger partial charge in [-0.05, 0) is 18.2 Å². The number of ether oxygens (including phenoxy) is 2. The fraction of sp³-hybridized carbons (Fsp3) is 0.294. The zero-order chi connectivity index (χ0) is 16.2. The van der Waals surface area contributed by atoms with Gasteiger partial charge < -0.3 is 14.4 Å². The molecule has 2 heterocycles. The summed E-state index contributed by atoms with van der Waals surface area (Å²) in [6.07, 6.45) is 3.55. The third-order valence-electron chi connectivity index (χ3n) is 3.72. The minimum atomic E-state index is -0.0268. The van der Waals surface area contributed by atoms with Crippen LogP contribution in [0, 0.1) is 0 Å². The van der Waals surface area contributed by atoms with Crippen LogP contribution in [0.1, 0.15) is 21.3 Å². The van der Waals surface area contributed by atoms with E-state index in [0.29, 0.717) is 23.6 Å². The van der Waals surface area contributed by atoms with Crippen LogP contribution in [0.5, 0.6) is 11.5 Å². The van der Waals surface area contributed by atoms with E-state index in [1.165, 1.54) is 0 Å². The average molecular weight is 330 g/mol. The molecule has 1 saturated heterocycles. The third kappa shape index (κ3) is 3.27. The van der Waals surface area contributed by atoms with E-state index in [9.17, 15) is 4.79 Å². The molecule has 120 valence electrons. The fourth-order valence-electron chi connectivity index (χ4n) is 2.57. The first-order chi connectivity index (χ1) is 11.2. The molecule has 1 unspecified atom stereocenters. The number of nitrogens with zero attached hydrogens (tertiary/aromatic N) is 2. The standard InChI is InChI=1S/C17H18N2O3S/c1-21-14-8-13(9-15(10-14)22-2)16(20)19-6-7-23-17(19)12-4-3-5-18-11-12/h3-5,8-11,17H,6-7H2,1-2H3. The first-order valence-electron chi connectivity index (χ1n) is 7.28. The maximum atomic E-state index is 12.9. The van der Waals surface area contributed by atoms with Gasteiger partial charge in [-0.1, -0.05) is 6.07 Å². The number of carbonyl (C=O) groups excluding carboxylic acids is 1. The highest BCUT2D eigenvalue weighted by Gasteiger charge is 2.31. The normalized spacial score (nSPS) is 17.1. The summed E-state index contributed by atoms with van der Waals surface area (Å²) in [5.74, 6) is 2.10. The Morgan fingerprint density at radius 1 is 1.26 bits per heavy atom. The van der Waals surface area contributed by atoms with Gasteiger partial charge in [0.1, 0.15) is 16.9 Å². The molecule has 0 aliphatic carbocycles. The Morgan fingerprint density at radius 2 is 2.00 bits per heavy atom. The van der Waals surface area contributed by atoms with Crippen molar-refractivity contribution in [2.24, 2.45) is 0 Å². The quantitative estimate of drug-likeness (QED) is 0.862. The molecule has 1 aromatic carbocycles. The number of rotatable bonds is 4. The van der Waals surface area contributed by atoms with Gasteiger partial charge in [-0.15, -0.1) is 11.8 Å². The molecule has 3 rings (SSSR count). The lowest BCUT2D eigenvalue weighted by Gasteiger charge is -2.24. The first kappa shape index (κ1) is 15.7. The molecule has 1 aromatic heterocycles. The van der Waals surface area contributed by atoms with Crippen LogP contribution in [0.4, 0.5) is 0 Å². The van der Waals surface area contributed by atoms with Crippen molar-refractivity contribution >= 4 is 17.7 Å². The van der Waals surface area contributed by atoms with Crippen LogP contribution in [-0.4, -0.2) is 42.3 Å². The van der Waals surface area contributed by atoms with Crippen LogP contribution in [0.2, 0.25) is 0 Å². The van der Waals surface area contributed by atoms with Crippen LogP contribution in [-0.2, 0) is 0 Å². The zero-order valence-corrected chi connectivity index (χ0v) is 13.9. The van der Waals surface area contributed by atoms with Crippen LogP contribution in [0.25, 0.3) is 0 Å². The lowest BCUT2D eigenvalue weighted by atomic mass is 10.1. The lowest BCUT2D eigenvalue weighted by molar-refractivity contribution is 0.0759. The Labute approximate surface area is 139 Å². The van der Waals surface area contributed by atoms with Crippen LogP contribution in [0.3, 0.4) is 0 Å². The minimum absolute atomic E-state index is 0.00611. The van der Waals surface area contributed by atoms with Crippen molar-refractivity contribution in [1.82, 2.24) is 9.88 Å². The summed E-state index contributed by atoms with van der Waals surface area (Å²) < 4.78 is 10.5. The number of amides is 1. The minimum Gasteiger partial charge on any atom is -0.497 e. The molecular formula is C17H18N2O3S. The molecule has 1 aliphatic rings. The van der Waals surface area contributed by atoms with Gasteiger partial charge in [-0.2, -0.15) is 0 Å². The zero-order valence-electron chi connectivity index (χ0n) is 13.1. The Kier molecular flexibility index (Phi) is 4.71. The lowest BCUT2D eigenvalue weighted by Crippen LogP contribution is -2.30. The molecule has 0 bridgehead atoms. The van der Waals surface area contributed by atoms with Gasteiger partial charge in [-0.25, -0.2) is 0 Å². The predicted molar refractivity (Wildman–Crippen MR) is 90.0 cm³/mol. The van der Waals surface area contributed by atoms with E-state index in [0.717, 1.165) is 11.3 Å². The molecule has 6 heteroatoms. The number of methoxy groups -OCH3 is 2. The van der Waals surface area contributed by atoms with Crippen molar-refractivity contribution in [3.63, 3.8) is 0 Å². The molecule has 23 heavy (non-hydrogen) atoms. The summed E-state index contributed by atoms with van der Waals surface area (Å²) in [7, 11) is 3.15. The third-order valence-corrected chi connectivity index (χ3v) is 4.98. The maximum Gasteiger partial charge on any atom is 0.255 e. The van der Waals surface area contributed by atoms with E-state index < -0.39 is 0 Å². The van der Waals surface area contributed by atoms with Gasteiger partial charge in [-0.3, -0.25) is 9.78 Å². The summed E-state index contributed by atoms with van der Waals surface area (Å²) in [6, 6.07) is 9.14. The number of benzene rings is 1. The average Bonchev–Trinajstić information content (AvgIpc) is 3.11. The molecule has 1 atom stereocenters. The van der Waals surface area contributed by atoms with Gasteiger partial charge in [0.05, 0.1) is 14.2 Å². The van der Waals surface area contributed by atoms with Crippen molar-refractivity contribution in [3.8, 4) is 11.5 Å². The Morgan fingerprint density at radius 3 is 2.61 bits per heavy atom. The van der Waals surface area contributed by atoms with E-state index in [-0.39, 0.29) is 11.3 Å². The topological polar surface area (TPSA) is 51.7 Å². The van der Waals surface area contributed by atoms with Gasteiger partial charge >= 0.3 is 0 Å². The fourth-order valence-corrected chi connectivity index (χ4v) is 3.81. The Bertz CT molecular complexity index is 671. The SMILES string of the molecule is COc1cc(OC)cc(C(=O)N2CCSC2c2cccnc2)c1. The van der Waals surface area contributed by atoms with Gasteiger partial charge in [0.25, 0.3) is 5.91 Å². The van der Waals surface area contributed by atoms with E-state index >= 15 is 0 Å². The van der Waals surface area contributed by atoms with Crippen LogP contribution in [0.15, 0.2) is 42.7 Å². The summed E-state index contributed by atoms with van der Waals surface area (Å²) in [5, 5.41) is -0.00611. The molecule has 0 radical (unpaired) electrons. The van der Waals surface area contributed by atoms with E-state index in [4.69, 9.17) is 9.47 Å². The number of hydrogen-bond acceptors (Lipinski definition) is 5. The number of hydrogen-bond donors (Lipinski definition) is 0. The molecule has 1 amide bonds. The monoisotopic (exact) mass is 330 g/mol. The van der Waals surface area contributed by atoms with Crippen molar-refractivity contribution < 1.29 is 14.3 Å². The van der Waals surface area contributed by atoms with Gasteiger partial charge in [0.15, 0.2) is 0 Å². The molecule has 2 aromatic rings. The number of carbonyl (C=O) groups is 1.